The smallest absolute Gasteiger partial charge is 0.138 e. The maximum atomic E-state index is 14.0. The molecule has 1 aromatic carbocycles. The maximum absolute atomic E-state index is 14.0. The van der Waals surface area contributed by atoms with E-state index < -0.39 is 0 Å². The van der Waals surface area contributed by atoms with Gasteiger partial charge >= 0.3 is 0 Å². The third-order valence-electron chi connectivity index (χ3n) is 4.53. The van der Waals surface area contributed by atoms with Crippen molar-refractivity contribution in [2.24, 2.45) is 0 Å². The van der Waals surface area contributed by atoms with E-state index in [1.54, 1.807) is 6.07 Å². The first-order valence-electron chi connectivity index (χ1n) is 7.24. The molecule has 0 aliphatic carbocycles. The normalized spacial score (nSPS) is 27.9. The van der Waals surface area contributed by atoms with E-state index in [-0.39, 0.29) is 18.0 Å². The van der Waals surface area contributed by atoms with Gasteiger partial charge < -0.3 is 9.30 Å². The minimum absolute atomic E-state index is 0.189. The molecule has 4 rings (SSSR count). The van der Waals surface area contributed by atoms with Gasteiger partial charge in [0, 0.05) is 18.4 Å². The molecular formula is C15H15ClFIN2O. The number of aromatic nitrogens is 2. The van der Waals surface area contributed by atoms with E-state index in [0.29, 0.717) is 22.0 Å². The highest BCUT2D eigenvalue weighted by molar-refractivity contribution is 14.1. The second-order valence-electron chi connectivity index (χ2n) is 5.77. The van der Waals surface area contributed by atoms with Crippen molar-refractivity contribution < 1.29 is 9.13 Å². The molecule has 2 aromatic rings. The number of ether oxygens (including phenoxy) is 1. The largest absolute Gasteiger partial charge is 0.373 e. The van der Waals surface area contributed by atoms with Crippen molar-refractivity contribution in [3.05, 3.63) is 27.3 Å². The molecule has 0 radical (unpaired) electrons. The van der Waals surface area contributed by atoms with Crippen LogP contribution < -0.4 is 0 Å². The van der Waals surface area contributed by atoms with Crippen molar-refractivity contribution in [2.75, 3.05) is 5.88 Å². The average molecular weight is 421 g/mol. The molecule has 6 heteroatoms. The van der Waals surface area contributed by atoms with Crippen molar-refractivity contribution in [1.29, 1.82) is 0 Å². The summed E-state index contributed by atoms with van der Waals surface area (Å²) in [5, 5.41) is 0. The first kappa shape index (κ1) is 14.2. The van der Waals surface area contributed by atoms with Crippen molar-refractivity contribution in [2.45, 2.75) is 43.9 Å². The summed E-state index contributed by atoms with van der Waals surface area (Å²) in [6.07, 6.45) is 4.52. The second kappa shape index (κ2) is 5.35. The van der Waals surface area contributed by atoms with Gasteiger partial charge in [-0.1, -0.05) is 0 Å². The van der Waals surface area contributed by atoms with Gasteiger partial charge in [0.2, 0.25) is 0 Å². The van der Waals surface area contributed by atoms with Crippen LogP contribution in [0.2, 0.25) is 0 Å². The molecule has 3 heterocycles. The fourth-order valence-corrected chi connectivity index (χ4v) is 4.27. The van der Waals surface area contributed by atoms with E-state index in [9.17, 15) is 4.39 Å². The van der Waals surface area contributed by atoms with Gasteiger partial charge in [-0.25, -0.2) is 9.37 Å². The van der Waals surface area contributed by atoms with Crippen LogP contribution >= 0.6 is 34.2 Å². The monoisotopic (exact) mass is 420 g/mol. The Balaban J connectivity index is 1.88. The lowest BCUT2D eigenvalue weighted by Gasteiger charge is -2.23. The molecule has 112 valence electrons. The first-order valence-corrected chi connectivity index (χ1v) is 8.86. The van der Waals surface area contributed by atoms with Crippen LogP contribution in [-0.4, -0.2) is 27.6 Å². The summed E-state index contributed by atoms with van der Waals surface area (Å²) in [6.45, 7) is 0. The minimum atomic E-state index is -0.189. The highest BCUT2D eigenvalue weighted by atomic mass is 127. The number of hydrogen-bond donors (Lipinski definition) is 0. The minimum Gasteiger partial charge on any atom is -0.373 e. The molecule has 1 aromatic heterocycles. The van der Waals surface area contributed by atoms with E-state index in [1.807, 2.05) is 28.7 Å². The molecule has 3 unspecified atom stereocenters. The van der Waals surface area contributed by atoms with E-state index >= 15 is 0 Å². The summed E-state index contributed by atoms with van der Waals surface area (Å²) in [5.41, 5.74) is 1.72. The molecule has 0 spiro atoms. The lowest BCUT2D eigenvalue weighted by atomic mass is 9.95. The summed E-state index contributed by atoms with van der Waals surface area (Å²) in [5.74, 6) is 1.28. The maximum Gasteiger partial charge on any atom is 0.138 e. The Morgan fingerprint density at radius 3 is 2.95 bits per heavy atom. The molecule has 2 bridgehead atoms. The van der Waals surface area contributed by atoms with Gasteiger partial charge in [0.25, 0.3) is 0 Å². The SMILES string of the molecule is Fc1cc2c(cc1I)nc(CCCl)n2C1CC2CCC1O2. The number of aryl methyl sites for hydroxylation is 1. The molecule has 3 nitrogen and oxygen atoms in total. The lowest BCUT2D eigenvalue weighted by molar-refractivity contribution is 0.0940. The second-order valence-corrected chi connectivity index (χ2v) is 7.31. The predicted molar refractivity (Wildman–Crippen MR) is 88.4 cm³/mol. The highest BCUT2D eigenvalue weighted by Crippen LogP contribution is 2.43. The quantitative estimate of drug-likeness (QED) is 0.553. The number of halogens is 3. The first-order chi connectivity index (χ1) is 10.2. The fourth-order valence-electron chi connectivity index (χ4n) is 3.65. The molecule has 3 atom stereocenters. The Hall–Kier alpha value is -0.400. The number of hydrogen-bond acceptors (Lipinski definition) is 2. The van der Waals surface area contributed by atoms with Crippen LogP contribution in [0.3, 0.4) is 0 Å². The van der Waals surface area contributed by atoms with Gasteiger partial charge in [0.1, 0.15) is 11.6 Å². The molecule has 2 saturated heterocycles. The van der Waals surface area contributed by atoms with Crippen LogP contribution in [0.5, 0.6) is 0 Å². The van der Waals surface area contributed by atoms with Crippen LogP contribution in [0.1, 0.15) is 31.1 Å². The van der Waals surface area contributed by atoms with Gasteiger partial charge in [-0.15, -0.1) is 11.6 Å². The van der Waals surface area contributed by atoms with Crippen molar-refractivity contribution in [3.8, 4) is 0 Å². The average Bonchev–Trinajstić information content (AvgIpc) is 3.13. The number of imidazole rings is 1. The van der Waals surface area contributed by atoms with Crippen molar-refractivity contribution in [3.63, 3.8) is 0 Å². The zero-order valence-corrected chi connectivity index (χ0v) is 14.3. The van der Waals surface area contributed by atoms with Crippen LogP contribution in [0, 0.1) is 9.39 Å². The summed E-state index contributed by atoms with van der Waals surface area (Å²) < 4.78 is 22.7. The van der Waals surface area contributed by atoms with Crippen LogP contribution in [0.25, 0.3) is 11.0 Å². The Labute approximate surface area is 141 Å². The molecule has 2 fully saturated rings. The molecular weight excluding hydrogens is 406 g/mol. The van der Waals surface area contributed by atoms with Gasteiger partial charge in [-0.3, -0.25) is 0 Å². The van der Waals surface area contributed by atoms with E-state index in [2.05, 4.69) is 9.55 Å². The van der Waals surface area contributed by atoms with Gasteiger partial charge in [0.15, 0.2) is 0 Å². The zero-order valence-electron chi connectivity index (χ0n) is 11.4. The third-order valence-corrected chi connectivity index (χ3v) is 5.54. The molecule has 0 saturated carbocycles. The lowest BCUT2D eigenvalue weighted by Crippen LogP contribution is -2.23. The molecule has 0 N–H and O–H groups in total. The number of nitrogens with zero attached hydrogens (tertiary/aromatic N) is 2. The van der Waals surface area contributed by atoms with Crippen molar-refractivity contribution in [1.82, 2.24) is 9.55 Å². The summed E-state index contributed by atoms with van der Waals surface area (Å²) in [4.78, 5) is 4.68. The topological polar surface area (TPSA) is 27.1 Å². The van der Waals surface area contributed by atoms with Crippen LogP contribution in [0.4, 0.5) is 4.39 Å². The Bertz CT molecular complexity index is 705. The number of benzene rings is 1. The predicted octanol–water partition coefficient (Wildman–Crippen LogP) is 4.05. The van der Waals surface area contributed by atoms with Crippen molar-refractivity contribution >= 4 is 45.2 Å². The molecule has 2 aliphatic heterocycles. The van der Waals surface area contributed by atoms with Crippen LogP contribution in [-0.2, 0) is 11.2 Å². The number of alkyl halides is 1. The summed E-state index contributed by atoms with van der Waals surface area (Å²) in [6, 6.07) is 3.69. The van der Waals surface area contributed by atoms with Gasteiger partial charge in [0.05, 0.1) is 32.9 Å². The van der Waals surface area contributed by atoms with E-state index in [4.69, 9.17) is 16.3 Å². The van der Waals surface area contributed by atoms with Gasteiger partial charge in [-0.05, 0) is 47.9 Å². The Kier molecular flexibility index (Phi) is 3.62. The summed E-state index contributed by atoms with van der Waals surface area (Å²) >= 11 is 7.93. The van der Waals surface area contributed by atoms with Gasteiger partial charge in [-0.2, -0.15) is 0 Å². The Morgan fingerprint density at radius 2 is 2.29 bits per heavy atom. The third kappa shape index (κ3) is 2.28. The molecule has 21 heavy (non-hydrogen) atoms. The highest BCUT2D eigenvalue weighted by Gasteiger charge is 2.42. The zero-order chi connectivity index (χ0) is 14.6. The van der Waals surface area contributed by atoms with Crippen LogP contribution in [0.15, 0.2) is 12.1 Å². The number of rotatable bonds is 3. The molecule has 2 aliphatic rings. The summed E-state index contributed by atoms with van der Waals surface area (Å²) in [7, 11) is 0. The number of fused-ring (bicyclic) bond motifs is 3. The van der Waals surface area contributed by atoms with E-state index in [1.165, 1.54) is 0 Å². The fraction of sp³-hybridized carbons (Fsp3) is 0.533. The Morgan fingerprint density at radius 1 is 1.43 bits per heavy atom. The standard InChI is InChI=1S/C15H15ClFIN2O/c16-4-3-15-19-11-7-10(18)9(17)6-12(11)20(15)13-5-8-1-2-14(13)21-8/h6-8,13-14H,1-5H2. The molecule has 0 amide bonds. The van der Waals surface area contributed by atoms with E-state index in [0.717, 1.165) is 36.1 Å².